The molecule has 0 aliphatic heterocycles. The standard InChI is InChI=1S/C10H6O3/c11-7-3-1-2-6-4-5-8(12)10(13)9(6)7/h1-5,11H. The molecule has 0 amide bonds. The summed E-state index contributed by atoms with van der Waals surface area (Å²) in [7, 11) is 0. The Balaban J connectivity index is 2.74. The van der Waals surface area contributed by atoms with Crippen molar-refractivity contribution in [3.05, 3.63) is 35.4 Å². The van der Waals surface area contributed by atoms with E-state index >= 15 is 0 Å². The Bertz CT molecular complexity index is 430. The molecular weight excluding hydrogens is 168 g/mol. The highest BCUT2D eigenvalue weighted by molar-refractivity contribution is 6.50. The largest absolute Gasteiger partial charge is 0.507 e. The molecule has 0 atom stereocenters. The third-order valence-corrected chi connectivity index (χ3v) is 1.94. The topological polar surface area (TPSA) is 54.4 Å². The van der Waals surface area contributed by atoms with Gasteiger partial charge in [0.25, 0.3) is 0 Å². The summed E-state index contributed by atoms with van der Waals surface area (Å²) >= 11 is 0. The van der Waals surface area contributed by atoms with Crippen molar-refractivity contribution in [1.29, 1.82) is 0 Å². The Hall–Kier alpha value is -1.90. The number of allylic oxidation sites excluding steroid dienone is 1. The molecule has 0 fully saturated rings. The molecular formula is C10H6O3. The molecule has 0 saturated carbocycles. The van der Waals surface area contributed by atoms with E-state index in [2.05, 4.69) is 0 Å². The van der Waals surface area contributed by atoms with Crippen LogP contribution in [0.3, 0.4) is 0 Å². The lowest BCUT2D eigenvalue weighted by Crippen LogP contribution is -2.16. The first-order valence-corrected chi connectivity index (χ1v) is 3.79. The third kappa shape index (κ3) is 1.05. The summed E-state index contributed by atoms with van der Waals surface area (Å²) in [6, 6.07) is 4.70. The second-order valence-corrected chi connectivity index (χ2v) is 2.77. The molecule has 0 radical (unpaired) electrons. The number of aromatic hydroxyl groups is 1. The minimum absolute atomic E-state index is 0.106. The molecule has 0 aromatic heterocycles. The molecule has 0 unspecified atom stereocenters. The molecule has 2 rings (SSSR count). The third-order valence-electron chi connectivity index (χ3n) is 1.94. The number of phenolic OH excluding ortho intramolecular Hbond substituents is 1. The molecule has 1 aliphatic rings. The Labute approximate surface area is 74.3 Å². The van der Waals surface area contributed by atoms with Crippen LogP contribution in [0.4, 0.5) is 0 Å². The van der Waals surface area contributed by atoms with Crippen molar-refractivity contribution in [2.45, 2.75) is 0 Å². The van der Waals surface area contributed by atoms with Crippen molar-refractivity contribution >= 4 is 17.6 Å². The number of benzene rings is 1. The van der Waals surface area contributed by atoms with Gasteiger partial charge in [0, 0.05) is 0 Å². The minimum atomic E-state index is -0.643. The van der Waals surface area contributed by atoms with Gasteiger partial charge in [-0.15, -0.1) is 0 Å². The first-order chi connectivity index (χ1) is 6.20. The maximum atomic E-state index is 11.3. The summed E-state index contributed by atoms with van der Waals surface area (Å²) in [5.41, 5.74) is 0.694. The predicted octanol–water partition coefficient (Wildman–Crippen LogP) is 1.17. The second-order valence-electron chi connectivity index (χ2n) is 2.77. The zero-order chi connectivity index (χ0) is 9.42. The monoisotopic (exact) mass is 174 g/mol. The Morgan fingerprint density at radius 1 is 1.08 bits per heavy atom. The lowest BCUT2D eigenvalue weighted by molar-refractivity contribution is -0.110. The number of Topliss-reactive ketones (excluding diaryl/α,β-unsaturated/α-hetero) is 1. The summed E-state index contributed by atoms with van der Waals surface area (Å²) in [4.78, 5) is 22.2. The van der Waals surface area contributed by atoms with Crippen LogP contribution < -0.4 is 0 Å². The van der Waals surface area contributed by atoms with Crippen LogP contribution >= 0.6 is 0 Å². The molecule has 0 bridgehead atoms. The van der Waals surface area contributed by atoms with Gasteiger partial charge in [-0.05, 0) is 17.7 Å². The van der Waals surface area contributed by atoms with Gasteiger partial charge < -0.3 is 5.11 Å². The molecule has 64 valence electrons. The summed E-state index contributed by atoms with van der Waals surface area (Å²) in [6.45, 7) is 0. The fraction of sp³-hybridized carbons (Fsp3) is 0. The molecule has 1 aliphatic carbocycles. The predicted molar refractivity (Wildman–Crippen MR) is 46.5 cm³/mol. The number of phenols is 1. The van der Waals surface area contributed by atoms with Gasteiger partial charge in [-0.2, -0.15) is 0 Å². The molecule has 3 nitrogen and oxygen atoms in total. The zero-order valence-electron chi connectivity index (χ0n) is 6.65. The molecule has 13 heavy (non-hydrogen) atoms. The van der Waals surface area contributed by atoms with Gasteiger partial charge in [0.05, 0.1) is 5.56 Å². The normalized spacial score (nSPS) is 14.5. The lowest BCUT2D eigenvalue weighted by Gasteiger charge is -2.08. The van der Waals surface area contributed by atoms with Gasteiger partial charge >= 0.3 is 0 Å². The maximum absolute atomic E-state index is 11.3. The highest BCUT2D eigenvalue weighted by Crippen LogP contribution is 2.25. The average molecular weight is 174 g/mol. The summed E-state index contributed by atoms with van der Waals surface area (Å²) in [5, 5.41) is 9.34. The molecule has 3 heteroatoms. The molecule has 1 aromatic rings. The minimum Gasteiger partial charge on any atom is -0.507 e. The van der Waals surface area contributed by atoms with Crippen LogP contribution in [0.5, 0.6) is 5.75 Å². The van der Waals surface area contributed by atoms with E-state index in [1.165, 1.54) is 18.2 Å². The zero-order valence-corrected chi connectivity index (χ0v) is 6.65. The Morgan fingerprint density at radius 2 is 1.85 bits per heavy atom. The molecule has 1 N–H and O–H groups in total. The number of carbonyl (C=O) groups excluding carboxylic acids is 2. The van der Waals surface area contributed by atoms with Crippen LogP contribution in [0.25, 0.3) is 6.08 Å². The maximum Gasteiger partial charge on any atom is 0.237 e. The van der Waals surface area contributed by atoms with E-state index in [1.54, 1.807) is 12.1 Å². The summed E-state index contributed by atoms with van der Waals surface area (Å²) < 4.78 is 0. The first-order valence-electron chi connectivity index (χ1n) is 3.79. The first kappa shape index (κ1) is 7.73. The molecule has 1 aromatic carbocycles. The van der Waals surface area contributed by atoms with Crippen LogP contribution in [-0.4, -0.2) is 16.7 Å². The van der Waals surface area contributed by atoms with E-state index in [9.17, 15) is 14.7 Å². The quantitative estimate of drug-likeness (QED) is 0.600. The number of hydrogen-bond donors (Lipinski definition) is 1. The van der Waals surface area contributed by atoms with E-state index in [1.807, 2.05) is 0 Å². The van der Waals surface area contributed by atoms with Crippen molar-refractivity contribution in [2.75, 3.05) is 0 Å². The smallest absolute Gasteiger partial charge is 0.237 e. The van der Waals surface area contributed by atoms with Gasteiger partial charge in [-0.1, -0.05) is 18.2 Å². The van der Waals surface area contributed by atoms with Crippen LogP contribution in [-0.2, 0) is 4.79 Å². The average Bonchev–Trinajstić information content (AvgIpc) is 2.12. The van der Waals surface area contributed by atoms with E-state index in [0.29, 0.717) is 5.56 Å². The Kier molecular flexibility index (Phi) is 1.52. The van der Waals surface area contributed by atoms with E-state index < -0.39 is 11.6 Å². The van der Waals surface area contributed by atoms with Gasteiger partial charge in [-0.3, -0.25) is 9.59 Å². The van der Waals surface area contributed by atoms with E-state index in [0.717, 1.165) is 0 Å². The van der Waals surface area contributed by atoms with Crippen LogP contribution in [0.2, 0.25) is 0 Å². The van der Waals surface area contributed by atoms with E-state index in [4.69, 9.17) is 0 Å². The number of fused-ring (bicyclic) bond motifs is 1. The second kappa shape index (κ2) is 2.55. The van der Waals surface area contributed by atoms with Crippen molar-refractivity contribution in [2.24, 2.45) is 0 Å². The summed E-state index contributed by atoms with van der Waals surface area (Å²) in [6.07, 6.45) is 2.74. The van der Waals surface area contributed by atoms with E-state index in [-0.39, 0.29) is 11.3 Å². The Morgan fingerprint density at radius 3 is 2.62 bits per heavy atom. The lowest BCUT2D eigenvalue weighted by atomic mass is 9.95. The van der Waals surface area contributed by atoms with Crippen molar-refractivity contribution in [1.82, 2.24) is 0 Å². The summed E-state index contributed by atoms with van der Waals surface area (Å²) in [5.74, 6) is -1.37. The van der Waals surface area contributed by atoms with Gasteiger partial charge in [0.2, 0.25) is 11.6 Å². The number of hydrogen-bond acceptors (Lipinski definition) is 3. The van der Waals surface area contributed by atoms with Crippen LogP contribution in [0, 0.1) is 0 Å². The SMILES string of the molecule is O=C1C=Cc2cccc(O)c2C1=O. The van der Waals surface area contributed by atoms with Crippen molar-refractivity contribution < 1.29 is 14.7 Å². The van der Waals surface area contributed by atoms with Crippen LogP contribution in [0.1, 0.15) is 15.9 Å². The fourth-order valence-corrected chi connectivity index (χ4v) is 1.31. The molecule has 0 heterocycles. The van der Waals surface area contributed by atoms with Crippen molar-refractivity contribution in [3.63, 3.8) is 0 Å². The van der Waals surface area contributed by atoms with Gasteiger partial charge in [0.15, 0.2) is 0 Å². The molecule has 0 saturated heterocycles. The van der Waals surface area contributed by atoms with Gasteiger partial charge in [-0.25, -0.2) is 0 Å². The number of ketones is 2. The van der Waals surface area contributed by atoms with Crippen LogP contribution in [0.15, 0.2) is 24.3 Å². The fourth-order valence-electron chi connectivity index (χ4n) is 1.31. The highest BCUT2D eigenvalue weighted by Gasteiger charge is 2.23. The number of rotatable bonds is 0. The highest BCUT2D eigenvalue weighted by atomic mass is 16.3. The van der Waals surface area contributed by atoms with Gasteiger partial charge in [0.1, 0.15) is 5.75 Å². The molecule has 0 spiro atoms. The number of carbonyl (C=O) groups is 2. The van der Waals surface area contributed by atoms with Crippen molar-refractivity contribution in [3.8, 4) is 5.75 Å².